The Labute approximate surface area is 217 Å². The molecule has 4 N–H and O–H groups in total. The van der Waals surface area contributed by atoms with Gasteiger partial charge in [0.2, 0.25) is 5.91 Å². The lowest BCUT2D eigenvalue weighted by Gasteiger charge is -2.07. The number of nitrogens with two attached hydrogens (primary N) is 1. The summed E-state index contributed by atoms with van der Waals surface area (Å²) in [5.41, 5.74) is 5.46. The van der Waals surface area contributed by atoms with Crippen molar-refractivity contribution in [1.29, 1.82) is 0 Å². The SMILES string of the molecule is CCCCCCCC/C=C\CCCCCCCCCCCCCC(=O)NCCCCC(N)C(=O)O. The second-order valence-corrected chi connectivity index (χ2v) is 10.2. The van der Waals surface area contributed by atoms with Crippen LogP contribution < -0.4 is 11.1 Å². The minimum atomic E-state index is -0.957. The predicted molar refractivity (Wildman–Crippen MR) is 150 cm³/mol. The fourth-order valence-electron chi connectivity index (χ4n) is 4.35. The molecule has 1 unspecified atom stereocenters. The van der Waals surface area contributed by atoms with E-state index < -0.39 is 12.0 Å². The summed E-state index contributed by atoms with van der Waals surface area (Å²) in [4.78, 5) is 22.4. The van der Waals surface area contributed by atoms with Crippen LogP contribution >= 0.6 is 0 Å². The Kier molecular flexibility index (Phi) is 26.2. The normalized spacial score (nSPS) is 12.3. The number of carbonyl (C=O) groups excluding carboxylic acids is 1. The van der Waals surface area contributed by atoms with Crippen molar-refractivity contribution in [3.05, 3.63) is 12.2 Å². The molecule has 0 aromatic rings. The van der Waals surface area contributed by atoms with Crippen LogP contribution in [0.5, 0.6) is 0 Å². The van der Waals surface area contributed by atoms with E-state index in [1.165, 1.54) is 109 Å². The van der Waals surface area contributed by atoms with Crippen LogP contribution in [0.25, 0.3) is 0 Å². The van der Waals surface area contributed by atoms with E-state index in [1.807, 2.05) is 0 Å². The van der Waals surface area contributed by atoms with Gasteiger partial charge < -0.3 is 16.2 Å². The van der Waals surface area contributed by atoms with Crippen molar-refractivity contribution in [2.45, 2.75) is 161 Å². The van der Waals surface area contributed by atoms with Crippen LogP contribution in [-0.4, -0.2) is 29.6 Å². The Morgan fingerprint density at radius 2 is 1.14 bits per heavy atom. The molecule has 0 aliphatic rings. The zero-order valence-corrected chi connectivity index (χ0v) is 23.0. The fourth-order valence-corrected chi connectivity index (χ4v) is 4.35. The molecule has 35 heavy (non-hydrogen) atoms. The third-order valence-electron chi connectivity index (χ3n) is 6.75. The molecular formula is C30H58N2O3. The zero-order chi connectivity index (χ0) is 25.8. The van der Waals surface area contributed by atoms with E-state index in [0.29, 0.717) is 19.4 Å². The van der Waals surface area contributed by atoms with Crippen LogP contribution in [0.2, 0.25) is 0 Å². The molecule has 0 aliphatic heterocycles. The third-order valence-corrected chi connectivity index (χ3v) is 6.75. The molecule has 1 amide bonds. The van der Waals surface area contributed by atoms with Gasteiger partial charge in [-0.1, -0.05) is 109 Å². The lowest BCUT2D eigenvalue weighted by molar-refractivity contribution is -0.138. The van der Waals surface area contributed by atoms with Crippen molar-refractivity contribution in [1.82, 2.24) is 5.32 Å². The minimum Gasteiger partial charge on any atom is -0.480 e. The summed E-state index contributed by atoms with van der Waals surface area (Å²) < 4.78 is 0. The van der Waals surface area contributed by atoms with Crippen LogP contribution in [0, 0.1) is 0 Å². The number of carbonyl (C=O) groups is 2. The number of hydrogen-bond acceptors (Lipinski definition) is 3. The van der Waals surface area contributed by atoms with Crippen LogP contribution in [0.1, 0.15) is 155 Å². The van der Waals surface area contributed by atoms with Crippen LogP contribution in [0.15, 0.2) is 12.2 Å². The number of nitrogens with one attached hydrogen (secondary N) is 1. The van der Waals surface area contributed by atoms with E-state index in [4.69, 9.17) is 10.8 Å². The van der Waals surface area contributed by atoms with E-state index >= 15 is 0 Å². The van der Waals surface area contributed by atoms with Crippen LogP contribution in [-0.2, 0) is 9.59 Å². The van der Waals surface area contributed by atoms with Gasteiger partial charge in [-0.15, -0.1) is 0 Å². The summed E-state index contributed by atoms with van der Waals surface area (Å²) in [6, 6.07) is -0.789. The number of allylic oxidation sites excluding steroid dienone is 2. The van der Waals surface area contributed by atoms with Gasteiger partial charge in [0.15, 0.2) is 0 Å². The topological polar surface area (TPSA) is 92.4 Å². The van der Waals surface area contributed by atoms with E-state index in [1.54, 1.807) is 0 Å². The number of carboxylic acids is 1. The highest BCUT2D eigenvalue weighted by Crippen LogP contribution is 2.13. The number of aliphatic carboxylic acids is 1. The molecular weight excluding hydrogens is 436 g/mol. The molecule has 0 radical (unpaired) electrons. The van der Waals surface area contributed by atoms with Crippen molar-refractivity contribution in [3.63, 3.8) is 0 Å². The second-order valence-electron chi connectivity index (χ2n) is 10.2. The van der Waals surface area contributed by atoms with Gasteiger partial charge in [0, 0.05) is 13.0 Å². The molecule has 0 heterocycles. The highest BCUT2D eigenvalue weighted by atomic mass is 16.4. The first-order valence-corrected chi connectivity index (χ1v) is 15.0. The van der Waals surface area contributed by atoms with Crippen LogP contribution in [0.3, 0.4) is 0 Å². The largest absolute Gasteiger partial charge is 0.480 e. The summed E-state index contributed by atoms with van der Waals surface area (Å²) in [7, 11) is 0. The van der Waals surface area contributed by atoms with Gasteiger partial charge >= 0.3 is 5.97 Å². The first kappa shape index (κ1) is 33.6. The molecule has 0 fully saturated rings. The molecule has 0 saturated heterocycles. The Morgan fingerprint density at radius 3 is 1.63 bits per heavy atom. The molecule has 5 heteroatoms. The first-order valence-electron chi connectivity index (χ1n) is 15.0. The van der Waals surface area contributed by atoms with Crippen molar-refractivity contribution >= 4 is 11.9 Å². The maximum Gasteiger partial charge on any atom is 0.320 e. The van der Waals surface area contributed by atoms with Crippen molar-refractivity contribution in [3.8, 4) is 0 Å². The number of amides is 1. The molecule has 1 atom stereocenters. The minimum absolute atomic E-state index is 0.112. The Bertz CT molecular complexity index is 508. The van der Waals surface area contributed by atoms with Gasteiger partial charge in [-0.2, -0.15) is 0 Å². The smallest absolute Gasteiger partial charge is 0.320 e. The molecule has 0 aromatic heterocycles. The van der Waals surface area contributed by atoms with Gasteiger partial charge in [-0.05, 0) is 51.4 Å². The lowest BCUT2D eigenvalue weighted by Crippen LogP contribution is -2.30. The summed E-state index contributed by atoms with van der Waals surface area (Å²) in [5.74, 6) is -0.845. The average Bonchev–Trinajstić information content (AvgIpc) is 2.84. The van der Waals surface area contributed by atoms with Gasteiger partial charge in [0.1, 0.15) is 6.04 Å². The number of hydrogen-bond donors (Lipinski definition) is 3. The molecule has 0 spiro atoms. The predicted octanol–water partition coefficient (Wildman–Crippen LogP) is 8.06. The van der Waals surface area contributed by atoms with Gasteiger partial charge in [0.25, 0.3) is 0 Å². The number of rotatable bonds is 27. The van der Waals surface area contributed by atoms with Crippen molar-refractivity contribution in [2.75, 3.05) is 6.54 Å². The highest BCUT2D eigenvalue weighted by molar-refractivity contribution is 5.75. The van der Waals surface area contributed by atoms with Gasteiger partial charge in [-0.3, -0.25) is 9.59 Å². The summed E-state index contributed by atoms with van der Waals surface area (Å²) in [6.45, 7) is 2.89. The molecule has 206 valence electrons. The second kappa shape index (κ2) is 27.2. The van der Waals surface area contributed by atoms with E-state index in [0.717, 1.165) is 25.7 Å². The molecule has 0 aromatic carbocycles. The standard InChI is InChI=1S/C30H58N2O3/c1-2-3-4-5-6-7-8-9-10-11-12-13-14-15-16-17-18-19-20-21-22-26-29(33)32-27-24-23-25-28(31)30(34)35/h9-10,28H,2-8,11-27,31H2,1H3,(H,32,33)(H,34,35)/b10-9-. The summed E-state index contributed by atoms with van der Waals surface area (Å²) >= 11 is 0. The van der Waals surface area contributed by atoms with Gasteiger partial charge in [-0.25, -0.2) is 0 Å². The zero-order valence-electron chi connectivity index (χ0n) is 23.0. The molecule has 0 aliphatic carbocycles. The molecule has 0 saturated carbocycles. The van der Waals surface area contributed by atoms with Gasteiger partial charge in [0.05, 0.1) is 0 Å². The molecule has 0 rings (SSSR count). The third kappa shape index (κ3) is 27.1. The van der Waals surface area contributed by atoms with E-state index in [2.05, 4.69) is 24.4 Å². The highest BCUT2D eigenvalue weighted by Gasteiger charge is 2.10. The maximum atomic E-state index is 11.8. The Morgan fingerprint density at radius 1 is 0.686 bits per heavy atom. The quantitative estimate of drug-likeness (QED) is 0.0795. The fraction of sp³-hybridized carbons (Fsp3) is 0.867. The van der Waals surface area contributed by atoms with Crippen molar-refractivity contribution < 1.29 is 14.7 Å². The number of carboxylic acid groups (broad SMARTS) is 1. The molecule has 0 bridgehead atoms. The lowest BCUT2D eigenvalue weighted by atomic mass is 10.0. The number of unbranched alkanes of at least 4 members (excludes halogenated alkanes) is 18. The Balaban J connectivity index is 3.22. The monoisotopic (exact) mass is 494 g/mol. The molecule has 5 nitrogen and oxygen atoms in total. The van der Waals surface area contributed by atoms with E-state index in [9.17, 15) is 9.59 Å². The summed E-state index contributed by atoms with van der Waals surface area (Å²) in [6.07, 6.45) is 32.4. The first-order chi connectivity index (χ1) is 17.1. The maximum absolute atomic E-state index is 11.8. The summed E-state index contributed by atoms with van der Waals surface area (Å²) in [5, 5.41) is 11.6. The Hall–Kier alpha value is -1.36. The average molecular weight is 495 g/mol. The van der Waals surface area contributed by atoms with Crippen molar-refractivity contribution in [2.24, 2.45) is 5.73 Å². The van der Waals surface area contributed by atoms with Crippen LogP contribution in [0.4, 0.5) is 0 Å². The van der Waals surface area contributed by atoms with E-state index in [-0.39, 0.29) is 5.91 Å².